The number of nitrogens with one attached hydrogen (secondary N) is 2. The molecule has 2 N–H and O–H groups in total. The average molecular weight is 392 g/mol. The third kappa shape index (κ3) is 4.19. The van der Waals surface area contributed by atoms with E-state index in [-0.39, 0.29) is 23.5 Å². The molecule has 0 spiro atoms. The van der Waals surface area contributed by atoms with E-state index in [0.29, 0.717) is 34.8 Å². The minimum atomic E-state index is -0.450. The highest BCUT2D eigenvalue weighted by Crippen LogP contribution is 2.47. The molecule has 6 nitrogen and oxygen atoms in total. The number of nitrogens with zero attached hydrogens (tertiary/aromatic N) is 1. The van der Waals surface area contributed by atoms with Crippen LogP contribution >= 0.6 is 11.6 Å². The molecule has 1 aliphatic rings. The second-order valence-corrected chi connectivity index (χ2v) is 6.66. The van der Waals surface area contributed by atoms with Gasteiger partial charge in [0.15, 0.2) is 5.78 Å². The number of carbonyl (C=O) groups is 2. The molecule has 8 heteroatoms. The van der Waals surface area contributed by atoms with Gasteiger partial charge in [0.25, 0.3) is 0 Å². The van der Waals surface area contributed by atoms with Crippen molar-refractivity contribution in [1.82, 2.24) is 10.3 Å². The predicted octanol–water partition coefficient (Wildman–Crippen LogP) is 4.15. The van der Waals surface area contributed by atoms with Crippen molar-refractivity contribution < 1.29 is 18.7 Å². The summed E-state index contributed by atoms with van der Waals surface area (Å²) in [6.45, 7) is 1.74. The number of Topliss-reactive ketones (excluding diaryl/α,β-unsaturated/α-hetero) is 1. The second kappa shape index (κ2) is 7.92. The summed E-state index contributed by atoms with van der Waals surface area (Å²) >= 11 is 5.76. The van der Waals surface area contributed by atoms with Crippen LogP contribution in [0.2, 0.25) is 5.02 Å². The molecular weight excluding hydrogens is 373 g/mol. The monoisotopic (exact) mass is 391 g/mol. The quantitative estimate of drug-likeness (QED) is 0.725. The summed E-state index contributed by atoms with van der Waals surface area (Å²) in [6, 6.07) is 5.20. The number of pyridine rings is 1. The zero-order valence-corrected chi connectivity index (χ0v) is 15.6. The van der Waals surface area contributed by atoms with E-state index in [0.717, 1.165) is 0 Å². The van der Waals surface area contributed by atoms with E-state index in [4.69, 9.17) is 16.3 Å². The van der Waals surface area contributed by atoms with Crippen LogP contribution in [0.25, 0.3) is 0 Å². The van der Waals surface area contributed by atoms with Crippen molar-refractivity contribution in [2.75, 3.05) is 12.4 Å². The van der Waals surface area contributed by atoms with E-state index in [9.17, 15) is 14.0 Å². The first-order chi connectivity index (χ1) is 12.9. The highest BCUT2D eigenvalue weighted by Gasteiger charge is 2.43. The zero-order valence-electron chi connectivity index (χ0n) is 14.9. The molecule has 0 radical (unpaired) electrons. The van der Waals surface area contributed by atoms with Crippen molar-refractivity contribution in [1.29, 1.82) is 0 Å². The molecule has 0 unspecified atom stereocenters. The number of hydrogen-bond acceptors (Lipinski definition) is 4. The number of rotatable bonds is 6. The van der Waals surface area contributed by atoms with Crippen LogP contribution in [-0.4, -0.2) is 29.9 Å². The molecule has 2 amide bonds. The molecule has 142 valence electrons. The molecule has 1 aromatic carbocycles. The van der Waals surface area contributed by atoms with Gasteiger partial charge in [-0.15, -0.1) is 0 Å². The predicted molar refractivity (Wildman–Crippen MR) is 100 cm³/mol. The van der Waals surface area contributed by atoms with Gasteiger partial charge in [-0.1, -0.05) is 18.5 Å². The average Bonchev–Trinajstić information content (AvgIpc) is 3.40. The van der Waals surface area contributed by atoms with Gasteiger partial charge in [0.05, 0.1) is 17.7 Å². The maximum atomic E-state index is 14.4. The van der Waals surface area contributed by atoms with Crippen molar-refractivity contribution in [3.8, 4) is 5.75 Å². The molecule has 27 heavy (non-hydrogen) atoms. The number of ether oxygens (including phenoxy) is 1. The first-order valence-electron chi connectivity index (χ1n) is 8.53. The molecule has 0 saturated heterocycles. The van der Waals surface area contributed by atoms with E-state index in [1.165, 1.54) is 25.4 Å². The SMILES string of the molecule is CCC(=O)c1ccc(F)c([C@@H]2C[C@@H]2NC(=O)Nc2ccc(Cl)cn2)c1OC. The van der Waals surface area contributed by atoms with Gasteiger partial charge >= 0.3 is 6.03 Å². The van der Waals surface area contributed by atoms with Crippen molar-refractivity contribution in [3.05, 3.63) is 52.4 Å². The van der Waals surface area contributed by atoms with Crippen LogP contribution in [0.1, 0.15) is 41.6 Å². The number of aromatic nitrogens is 1. The smallest absolute Gasteiger partial charge is 0.320 e. The Kier molecular flexibility index (Phi) is 5.60. The van der Waals surface area contributed by atoms with Gasteiger partial charge in [0.1, 0.15) is 17.4 Å². The van der Waals surface area contributed by atoms with Gasteiger partial charge in [0, 0.05) is 30.1 Å². The molecule has 1 saturated carbocycles. The van der Waals surface area contributed by atoms with Gasteiger partial charge in [0.2, 0.25) is 0 Å². The molecule has 1 heterocycles. The summed E-state index contributed by atoms with van der Waals surface area (Å²) in [5.74, 6) is -0.226. The van der Waals surface area contributed by atoms with Crippen LogP contribution in [0.4, 0.5) is 15.0 Å². The molecule has 1 aliphatic carbocycles. The third-order valence-electron chi connectivity index (χ3n) is 4.42. The fourth-order valence-electron chi connectivity index (χ4n) is 3.00. The normalized spacial score (nSPS) is 17.9. The summed E-state index contributed by atoms with van der Waals surface area (Å²) in [4.78, 5) is 28.2. The topological polar surface area (TPSA) is 80.3 Å². The van der Waals surface area contributed by atoms with Crippen LogP contribution in [0.3, 0.4) is 0 Å². The Morgan fingerprint density at radius 1 is 1.33 bits per heavy atom. The highest BCUT2D eigenvalue weighted by molar-refractivity contribution is 6.30. The van der Waals surface area contributed by atoms with E-state index >= 15 is 0 Å². The summed E-state index contributed by atoms with van der Waals surface area (Å²) < 4.78 is 19.8. The third-order valence-corrected chi connectivity index (χ3v) is 4.64. The van der Waals surface area contributed by atoms with E-state index in [1.807, 2.05) is 0 Å². The summed E-state index contributed by atoms with van der Waals surface area (Å²) in [5, 5.41) is 5.84. The van der Waals surface area contributed by atoms with Crippen LogP contribution in [0.5, 0.6) is 5.75 Å². The number of methoxy groups -OCH3 is 1. The fourth-order valence-corrected chi connectivity index (χ4v) is 3.11. The second-order valence-electron chi connectivity index (χ2n) is 6.23. The molecular formula is C19H19ClFN3O3. The summed E-state index contributed by atoms with van der Waals surface area (Å²) in [7, 11) is 1.41. The standard InChI is InChI=1S/C19H19ClFN3O3/c1-3-15(25)11-5-6-13(21)17(18(11)27-2)12-8-14(12)23-19(26)24-16-7-4-10(20)9-22-16/h4-7,9,12,14H,3,8H2,1-2H3,(H2,22,23,24,26)/t12-,14+/m1/s1. The first kappa shape index (κ1) is 19.1. The lowest BCUT2D eigenvalue weighted by atomic mass is 10.00. The number of anilines is 1. The number of hydrogen-bond donors (Lipinski definition) is 2. The van der Waals surface area contributed by atoms with E-state index in [2.05, 4.69) is 15.6 Å². The van der Waals surface area contributed by atoms with Crippen LogP contribution in [0, 0.1) is 5.82 Å². The Hall–Kier alpha value is -2.67. The van der Waals surface area contributed by atoms with Gasteiger partial charge in [-0.2, -0.15) is 0 Å². The molecule has 2 aromatic rings. The Balaban J connectivity index is 1.71. The first-order valence-corrected chi connectivity index (χ1v) is 8.91. The molecule has 0 aliphatic heterocycles. The minimum absolute atomic E-state index is 0.121. The number of amides is 2. The Morgan fingerprint density at radius 2 is 2.11 bits per heavy atom. The summed E-state index contributed by atoms with van der Waals surface area (Å²) in [6.07, 6.45) is 2.27. The summed E-state index contributed by atoms with van der Waals surface area (Å²) in [5.41, 5.74) is 0.684. The Labute approximate surface area is 161 Å². The van der Waals surface area contributed by atoms with Gasteiger partial charge in [-0.3, -0.25) is 10.1 Å². The lowest BCUT2D eigenvalue weighted by Crippen LogP contribution is -2.31. The maximum absolute atomic E-state index is 14.4. The van der Waals surface area contributed by atoms with Crippen LogP contribution in [0.15, 0.2) is 30.5 Å². The molecule has 1 aromatic heterocycles. The minimum Gasteiger partial charge on any atom is -0.496 e. The Bertz CT molecular complexity index is 873. The van der Waals surface area contributed by atoms with Crippen LogP contribution in [-0.2, 0) is 0 Å². The largest absolute Gasteiger partial charge is 0.496 e. The van der Waals surface area contributed by atoms with Crippen LogP contribution < -0.4 is 15.4 Å². The lowest BCUT2D eigenvalue weighted by molar-refractivity contribution is 0.0985. The maximum Gasteiger partial charge on any atom is 0.320 e. The number of ketones is 1. The van der Waals surface area contributed by atoms with Crippen molar-refractivity contribution in [2.45, 2.75) is 31.7 Å². The van der Waals surface area contributed by atoms with Gasteiger partial charge in [-0.25, -0.2) is 14.2 Å². The van der Waals surface area contributed by atoms with Crippen molar-refractivity contribution in [2.24, 2.45) is 0 Å². The number of benzene rings is 1. The fraction of sp³-hybridized carbons (Fsp3) is 0.316. The van der Waals surface area contributed by atoms with Gasteiger partial charge in [-0.05, 0) is 30.7 Å². The molecule has 3 rings (SSSR count). The Morgan fingerprint density at radius 3 is 2.74 bits per heavy atom. The van der Waals surface area contributed by atoms with E-state index in [1.54, 1.807) is 19.1 Å². The van der Waals surface area contributed by atoms with E-state index < -0.39 is 11.8 Å². The zero-order chi connectivity index (χ0) is 19.6. The molecule has 2 atom stereocenters. The highest BCUT2D eigenvalue weighted by atomic mass is 35.5. The number of halogens is 2. The van der Waals surface area contributed by atoms with Crippen molar-refractivity contribution >= 4 is 29.2 Å². The van der Waals surface area contributed by atoms with Gasteiger partial charge < -0.3 is 10.1 Å². The number of urea groups is 1. The molecule has 0 bridgehead atoms. The number of carbonyl (C=O) groups excluding carboxylic acids is 2. The lowest BCUT2D eigenvalue weighted by Gasteiger charge is -2.14. The van der Waals surface area contributed by atoms with Crippen molar-refractivity contribution in [3.63, 3.8) is 0 Å². The molecule has 1 fully saturated rings.